The van der Waals surface area contributed by atoms with Gasteiger partial charge in [0.15, 0.2) is 11.5 Å². The molecule has 2 saturated heterocycles. The summed E-state index contributed by atoms with van der Waals surface area (Å²) >= 11 is 1.71. The number of thioether (sulfide) groups is 1. The van der Waals surface area contributed by atoms with Crippen molar-refractivity contribution in [3.8, 4) is 11.5 Å². The second-order valence-corrected chi connectivity index (χ2v) is 8.11. The monoisotopic (exact) mass is 364 g/mol. The second-order valence-electron chi connectivity index (χ2n) is 6.61. The van der Waals surface area contributed by atoms with Crippen LogP contribution in [-0.2, 0) is 16.1 Å². The van der Waals surface area contributed by atoms with E-state index in [0.717, 1.165) is 12.0 Å². The fourth-order valence-electron chi connectivity index (χ4n) is 3.67. The van der Waals surface area contributed by atoms with Crippen molar-refractivity contribution < 1.29 is 19.1 Å². The van der Waals surface area contributed by atoms with Gasteiger partial charge in [0.2, 0.25) is 11.8 Å². The Labute approximate surface area is 152 Å². The average Bonchev–Trinajstić information content (AvgIpc) is 3.10. The molecular weight excluding hydrogens is 340 g/mol. The lowest BCUT2D eigenvalue weighted by Gasteiger charge is -2.32. The van der Waals surface area contributed by atoms with Crippen LogP contribution in [0.3, 0.4) is 0 Å². The Bertz CT molecular complexity index is 696. The highest BCUT2D eigenvalue weighted by Gasteiger charge is 2.53. The minimum atomic E-state index is -0.383. The van der Waals surface area contributed by atoms with Crippen LogP contribution >= 0.6 is 11.8 Å². The van der Waals surface area contributed by atoms with Crippen molar-refractivity contribution in [2.24, 2.45) is 0 Å². The SMILES string of the molecule is COc1cccc(CN(C)C(=O)[C@@H]2CS[C@]3(C)CCC(=O)N23)c1OC. The van der Waals surface area contributed by atoms with Crippen molar-refractivity contribution in [1.82, 2.24) is 9.80 Å². The molecule has 0 saturated carbocycles. The van der Waals surface area contributed by atoms with Gasteiger partial charge in [-0.05, 0) is 19.4 Å². The molecule has 1 aromatic carbocycles. The van der Waals surface area contributed by atoms with E-state index in [0.29, 0.717) is 30.2 Å². The van der Waals surface area contributed by atoms with Crippen LogP contribution in [0.5, 0.6) is 11.5 Å². The highest BCUT2D eigenvalue weighted by molar-refractivity contribution is 8.01. The molecule has 3 rings (SSSR count). The lowest BCUT2D eigenvalue weighted by molar-refractivity contribution is -0.143. The van der Waals surface area contributed by atoms with Crippen LogP contribution in [0.4, 0.5) is 0 Å². The standard InChI is InChI=1S/C18H24N2O4S/c1-18-9-8-15(21)20(18)13(11-25-18)17(22)19(2)10-12-6-5-7-14(23-3)16(12)24-4/h5-7,13H,8-11H2,1-4H3/t13-,18+/m0/s1. The Kier molecular flexibility index (Phi) is 4.86. The molecule has 6 nitrogen and oxygen atoms in total. The van der Waals surface area contributed by atoms with Crippen LogP contribution in [-0.4, -0.2) is 59.5 Å². The number of carbonyl (C=O) groups excluding carboxylic acids is 2. The number of carbonyl (C=O) groups is 2. The Morgan fingerprint density at radius 1 is 1.40 bits per heavy atom. The summed E-state index contributed by atoms with van der Waals surface area (Å²) < 4.78 is 10.8. The van der Waals surface area contributed by atoms with E-state index in [1.54, 1.807) is 42.8 Å². The number of amides is 2. The first-order valence-corrected chi connectivity index (χ1v) is 9.31. The number of ether oxygens (including phenoxy) is 2. The maximum atomic E-state index is 13.0. The molecule has 136 valence electrons. The van der Waals surface area contributed by atoms with Crippen LogP contribution in [0.1, 0.15) is 25.3 Å². The third-order valence-corrected chi connectivity index (χ3v) is 6.50. The van der Waals surface area contributed by atoms with E-state index in [1.165, 1.54) is 0 Å². The normalized spacial score (nSPS) is 25.0. The third kappa shape index (κ3) is 3.05. The summed E-state index contributed by atoms with van der Waals surface area (Å²) in [5.41, 5.74) is 0.874. The molecule has 0 aromatic heterocycles. The molecule has 2 amide bonds. The van der Waals surface area contributed by atoms with Gasteiger partial charge < -0.3 is 19.3 Å². The minimum absolute atomic E-state index is 0.0312. The first-order chi connectivity index (χ1) is 11.9. The van der Waals surface area contributed by atoms with Crippen molar-refractivity contribution in [2.45, 2.75) is 37.2 Å². The van der Waals surface area contributed by atoms with Crippen molar-refractivity contribution in [2.75, 3.05) is 27.0 Å². The fourth-order valence-corrected chi connectivity index (χ4v) is 5.09. The van der Waals surface area contributed by atoms with Crippen molar-refractivity contribution in [3.63, 3.8) is 0 Å². The quantitative estimate of drug-likeness (QED) is 0.801. The molecule has 2 heterocycles. The topological polar surface area (TPSA) is 59.1 Å². The van der Waals surface area contributed by atoms with E-state index < -0.39 is 0 Å². The predicted octanol–water partition coefficient (Wildman–Crippen LogP) is 2.12. The molecule has 7 heteroatoms. The first kappa shape index (κ1) is 17.9. The van der Waals surface area contributed by atoms with E-state index in [-0.39, 0.29) is 22.7 Å². The number of methoxy groups -OCH3 is 2. The first-order valence-electron chi connectivity index (χ1n) is 8.32. The van der Waals surface area contributed by atoms with Gasteiger partial charge in [-0.2, -0.15) is 0 Å². The minimum Gasteiger partial charge on any atom is -0.493 e. The summed E-state index contributed by atoms with van der Waals surface area (Å²) in [5.74, 6) is 1.97. The number of likely N-dealkylation sites (N-methyl/N-ethyl adjacent to an activating group) is 1. The Morgan fingerprint density at radius 2 is 2.16 bits per heavy atom. The Hall–Kier alpha value is -1.89. The molecule has 2 atom stereocenters. The zero-order chi connectivity index (χ0) is 18.2. The number of para-hydroxylation sites is 1. The molecule has 0 bridgehead atoms. The number of nitrogens with zero attached hydrogens (tertiary/aromatic N) is 2. The average molecular weight is 364 g/mol. The summed E-state index contributed by atoms with van der Waals surface area (Å²) in [6.07, 6.45) is 1.34. The molecule has 0 N–H and O–H groups in total. The zero-order valence-electron chi connectivity index (χ0n) is 15.1. The molecule has 25 heavy (non-hydrogen) atoms. The van der Waals surface area contributed by atoms with Crippen molar-refractivity contribution in [3.05, 3.63) is 23.8 Å². The largest absolute Gasteiger partial charge is 0.493 e. The van der Waals surface area contributed by atoms with Crippen molar-refractivity contribution in [1.29, 1.82) is 0 Å². The molecule has 0 unspecified atom stereocenters. The van der Waals surface area contributed by atoms with E-state index in [9.17, 15) is 9.59 Å². The number of benzene rings is 1. The van der Waals surface area contributed by atoms with Gasteiger partial charge in [0.25, 0.3) is 0 Å². The maximum absolute atomic E-state index is 13.0. The van der Waals surface area contributed by atoms with Gasteiger partial charge in [-0.15, -0.1) is 11.8 Å². The summed E-state index contributed by atoms with van der Waals surface area (Å²) in [6, 6.07) is 5.24. The van der Waals surface area contributed by atoms with Crippen LogP contribution in [0.2, 0.25) is 0 Å². The van der Waals surface area contributed by atoms with Crippen molar-refractivity contribution >= 4 is 23.6 Å². The molecular formula is C18H24N2O4S. The van der Waals surface area contributed by atoms with E-state index in [1.807, 2.05) is 18.2 Å². The van der Waals surface area contributed by atoms with E-state index in [2.05, 4.69) is 6.92 Å². The fraction of sp³-hybridized carbons (Fsp3) is 0.556. The van der Waals surface area contributed by atoms with Crippen LogP contribution in [0.15, 0.2) is 18.2 Å². The van der Waals surface area contributed by atoms with E-state index >= 15 is 0 Å². The highest BCUT2D eigenvalue weighted by Crippen LogP contribution is 2.47. The summed E-state index contributed by atoms with van der Waals surface area (Å²) in [4.78, 5) is 28.5. The molecule has 2 aliphatic heterocycles. The molecule has 1 aromatic rings. The number of hydrogen-bond donors (Lipinski definition) is 0. The smallest absolute Gasteiger partial charge is 0.246 e. The molecule has 0 radical (unpaired) electrons. The highest BCUT2D eigenvalue weighted by atomic mass is 32.2. The van der Waals surface area contributed by atoms with Gasteiger partial charge in [0, 0.05) is 31.3 Å². The lowest BCUT2D eigenvalue weighted by Crippen LogP contribution is -2.50. The lowest BCUT2D eigenvalue weighted by atomic mass is 10.1. The summed E-state index contributed by atoms with van der Waals surface area (Å²) in [7, 11) is 4.94. The van der Waals surface area contributed by atoms with Crippen LogP contribution in [0.25, 0.3) is 0 Å². The number of rotatable bonds is 5. The van der Waals surface area contributed by atoms with Gasteiger partial charge in [-0.1, -0.05) is 12.1 Å². The van der Waals surface area contributed by atoms with Gasteiger partial charge >= 0.3 is 0 Å². The summed E-state index contributed by atoms with van der Waals surface area (Å²) in [6.45, 7) is 2.46. The zero-order valence-corrected chi connectivity index (χ0v) is 15.9. The molecule has 0 aliphatic carbocycles. The van der Waals surface area contributed by atoms with Gasteiger partial charge in [-0.3, -0.25) is 9.59 Å². The molecule has 0 spiro atoms. The van der Waals surface area contributed by atoms with E-state index in [4.69, 9.17) is 9.47 Å². The van der Waals surface area contributed by atoms with Crippen LogP contribution < -0.4 is 9.47 Å². The maximum Gasteiger partial charge on any atom is 0.246 e. The molecule has 2 aliphatic rings. The Morgan fingerprint density at radius 3 is 2.84 bits per heavy atom. The van der Waals surface area contributed by atoms with Crippen LogP contribution in [0, 0.1) is 0 Å². The second kappa shape index (κ2) is 6.78. The molecule has 2 fully saturated rings. The number of fused-ring (bicyclic) bond motifs is 1. The Balaban J connectivity index is 1.77. The predicted molar refractivity (Wildman–Crippen MR) is 96.8 cm³/mol. The van der Waals surface area contributed by atoms with Gasteiger partial charge in [-0.25, -0.2) is 0 Å². The van der Waals surface area contributed by atoms with Gasteiger partial charge in [0.1, 0.15) is 6.04 Å². The third-order valence-electron chi connectivity index (χ3n) is 5.00. The van der Waals surface area contributed by atoms with Gasteiger partial charge in [0.05, 0.1) is 19.1 Å². The number of hydrogen-bond acceptors (Lipinski definition) is 5. The summed E-state index contributed by atoms with van der Waals surface area (Å²) in [5, 5.41) is 0.